The van der Waals surface area contributed by atoms with Crippen molar-refractivity contribution >= 4 is 5.69 Å². The fourth-order valence-electron chi connectivity index (χ4n) is 0.846. The highest BCUT2D eigenvalue weighted by atomic mass is 16.6. The lowest BCUT2D eigenvalue weighted by Gasteiger charge is -2.06. The Bertz CT molecular complexity index is 249. The third kappa shape index (κ3) is 1.60. The van der Waals surface area contributed by atoms with E-state index in [0.29, 0.717) is 11.4 Å². The zero-order valence-corrected chi connectivity index (χ0v) is 6.29. The molecule has 60 valence electrons. The molecular formula is C7H11N3O. The lowest BCUT2D eigenvalue weighted by Crippen LogP contribution is -2.11. The van der Waals surface area contributed by atoms with Crippen molar-refractivity contribution in [3.63, 3.8) is 0 Å². The van der Waals surface area contributed by atoms with Gasteiger partial charge in [-0.25, -0.2) is 0 Å². The number of nitrogens with two attached hydrogens (primary N) is 2. The molecule has 0 atom stereocenters. The molecule has 5 N–H and O–H groups in total. The molecule has 0 aliphatic rings. The second kappa shape index (κ2) is 3.23. The topological polar surface area (TPSA) is 73.3 Å². The molecule has 0 aromatic heterocycles. The van der Waals surface area contributed by atoms with Crippen LogP contribution in [0, 0.1) is 6.92 Å². The highest BCUT2D eigenvalue weighted by Gasteiger charge is 1.99. The minimum atomic E-state index is 0.549. The zero-order valence-electron chi connectivity index (χ0n) is 6.29. The molecule has 1 aromatic rings. The van der Waals surface area contributed by atoms with E-state index < -0.39 is 0 Å². The van der Waals surface area contributed by atoms with E-state index >= 15 is 0 Å². The molecule has 0 heterocycles. The van der Waals surface area contributed by atoms with Gasteiger partial charge < -0.3 is 10.3 Å². The molecule has 11 heavy (non-hydrogen) atoms. The molecule has 4 nitrogen and oxygen atoms in total. The monoisotopic (exact) mass is 153 g/mol. The van der Waals surface area contributed by atoms with E-state index in [1.54, 1.807) is 12.1 Å². The predicted molar refractivity (Wildman–Crippen MR) is 43.8 cm³/mol. The molecule has 0 saturated heterocycles. The molecule has 0 saturated carbocycles. The van der Waals surface area contributed by atoms with Crippen molar-refractivity contribution in [2.24, 2.45) is 11.7 Å². The van der Waals surface area contributed by atoms with Gasteiger partial charge in [0, 0.05) is 0 Å². The second-order valence-electron chi connectivity index (χ2n) is 2.26. The summed E-state index contributed by atoms with van der Waals surface area (Å²) in [7, 11) is 0. The lowest BCUT2D eigenvalue weighted by molar-refractivity contribution is 0.336. The van der Waals surface area contributed by atoms with Crippen molar-refractivity contribution in [1.29, 1.82) is 0 Å². The van der Waals surface area contributed by atoms with Crippen LogP contribution in [0.1, 0.15) is 5.56 Å². The molecule has 0 aliphatic carbocycles. The number of hydrogen-bond acceptors (Lipinski definition) is 4. The Labute approximate surface area is 65.1 Å². The number of nitrogens with one attached hydrogen (secondary N) is 1. The number of hydrogen-bond donors (Lipinski definition) is 3. The maximum absolute atomic E-state index is 5.19. The van der Waals surface area contributed by atoms with Crippen LogP contribution in [0.4, 0.5) is 5.69 Å². The van der Waals surface area contributed by atoms with Gasteiger partial charge in [0.05, 0.1) is 5.69 Å². The normalized spacial score (nSPS) is 9.36. The van der Waals surface area contributed by atoms with Crippen LogP contribution in [0.25, 0.3) is 0 Å². The maximum atomic E-state index is 5.19. The van der Waals surface area contributed by atoms with Gasteiger partial charge in [0.2, 0.25) is 0 Å². The molecule has 0 fully saturated rings. The van der Waals surface area contributed by atoms with Gasteiger partial charge in [0.25, 0.3) is 0 Å². The molecule has 0 amide bonds. The molecule has 4 heteroatoms. The first-order valence-corrected chi connectivity index (χ1v) is 3.22. The zero-order chi connectivity index (χ0) is 8.27. The SMILES string of the molecule is Cc1ccc(NN)c(ON)c1. The summed E-state index contributed by atoms with van der Waals surface area (Å²) < 4.78 is 0. The van der Waals surface area contributed by atoms with E-state index in [9.17, 15) is 0 Å². The van der Waals surface area contributed by atoms with Crippen molar-refractivity contribution in [1.82, 2.24) is 0 Å². The Balaban J connectivity index is 3.06. The van der Waals surface area contributed by atoms with Crippen molar-refractivity contribution in [3.8, 4) is 5.75 Å². The van der Waals surface area contributed by atoms with E-state index in [1.165, 1.54) is 0 Å². The van der Waals surface area contributed by atoms with E-state index in [4.69, 9.17) is 11.7 Å². The predicted octanol–water partition coefficient (Wildman–Crippen LogP) is 0.533. The van der Waals surface area contributed by atoms with Gasteiger partial charge in [-0.2, -0.15) is 5.90 Å². The average Bonchev–Trinajstić information content (AvgIpc) is 2.04. The third-order valence-electron chi connectivity index (χ3n) is 1.42. The summed E-state index contributed by atoms with van der Waals surface area (Å²) in [5.74, 6) is 10.7. The Morgan fingerprint density at radius 2 is 2.18 bits per heavy atom. The smallest absolute Gasteiger partial charge is 0.171 e. The van der Waals surface area contributed by atoms with E-state index in [2.05, 4.69) is 10.3 Å². The number of rotatable bonds is 2. The summed E-state index contributed by atoms with van der Waals surface area (Å²) in [6, 6.07) is 5.52. The van der Waals surface area contributed by atoms with Crippen molar-refractivity contribution in [2.45, 2.75) is 6.92 Å². The van der Waals surface area contributed by atoms with Gasteiger partial charge in [-0.3, -0.25) is 5.84 Å². The quantitative estimate of drug-likeness (QED) is 0.428. The molecule has 0 aliphatic heterocycles. The molecular weight excluding hydrogens is 142 g/mol. The average molecular weight is 153 g/mol. The van der Waals surface area contributed by atoms with Crippen molar-refractivity contribution in [2.75, 3.05) is 5.43 Å². The summed E-state index contributed by atoms with van der Waals surface area (Å²) in [4.78, 5) is 4.57. The van der Waals surface area contributed by atoms with E-state index in [0.717, 1.165) is 5.56 Å². The van der Waals surface area contributed by atoms with Gasteiger partial charge in [0.1, 0.15) is 0 Å². The van der Waals surface area contributed by atoms with Crippen LogP contribution in [0.15, 0.2) is 18.2 Å². The molecule has 1 rings (SSSR count). The third-order valence-corrected chi connectivity index (χ3v) is 1.42. The first kappa shape index (κ1) is 7.84. The van der Waals surface area contributed by atoms with Crippen LogP contribution in [-0.2, 0) is 0 Å². The van der Waals surface area contributed by atoms with Crippen LogP contribution in [0.2, 0.25) is 0 Å². The summed E-state index contributed by atoms with van der Waals surface area (Å²) in [6.07, 6.45) is 0. The fraction of sp³-hybridized carbons (Fsp3) is 0.143. The Morgan fingerprint density at radius 1 is 1.45 bits per heavy atom. The number of benzene rings is 1. The summed E-state index contributed by atoms with van der Waals surface area (Å²) in [5, 5.41) is 0. The van der Waals surface area contributed by atoms with Gasteiger partial charge in [-0.15, -0.1) is 0 Å². The first-order chi connectivity index (χ1) is 5.27. The minimum Gasteiger partial charge on any atom is -0.409 e. The van der Waals surface area contributed by atoms with E-state index in [1.807, 2.05) is 13.0 Å². The molecule has 0 unspecified atom stereocenters. The van der Waals surface area contributed by atoms with Gasteiger partial charge in [0.15, 0.2) is 5.75 Å². The van der Waals surface area contributed by atoms with E-state index in [-0.39, 0.29) is 0 Å². The standard InChI is InChI=1S/C7H11N3O/c1-5-2-3-6(10-8)7(4-5)11-9/h2-4,10H,8-9H2,1H3. The molecule has 0 bridgehead atoms. The van der Waals surface area contributed by atoms with Gasteiger partial charge >= 0.3 is 0 Å². The number of aryl methyl sites for hydroxylation is 1. The summed E-state index contributed by atoms with van der Waals surface area (Å²) in [6.45, 7) is 1.95. The van der Waals surface area contributed by atoms with Gasteiger partial charge in [-0.05, 0) is 24.6 Å². The molecule has 0 spiro atoms. The Hall–Kier alpha value is -1.26. The fourth-order valence-corrected chi connectivity index (χ4v) is 0.846. The summed E-state index contributed by atoms with van der Waals surface area (Å²) >= 11 is 0. The van der Waals surface area contributed by atoms with Crippen LogP contribution < -0.4 is 22.0 Å². The van der Waals surface area contributed by atoms with Crippen molar-refractivity contribution < 1.29 is 4.84 Å². The van der Waals surface area contributed by atoms with Crippen LogP contribution in [-0.4, -0.2) is 0 Å². The highest BCUT2D eigenvalue weighted by molar-refractivity contribution is 5.56. The first-order valence-electron chi connectivity index (χ1n) is 3.22. The largest absolute Gasteiger partial charge is 0.409 e. The van der Waals surface area contributed by atoms with Gasteiger partial charge in [-0.1, -0.05) is 6.07 Å². The number of hydrazine groups is 1. The number of anilines is 1. The molecule has 0 radical (unpaired) electrons. The highest BCUT2D eigenvalue weighted by Crippen LogP contribution is 2.22. The Kier molecular flexibility index (Phi) is 2.30. The lowest BCUT2D eigenvalue weighted by atomic mass is 10.2. The Morgan fingerprint density at radius 3 is 2.73 bits per heavy atom. The number of nitrogen functional groups attached to an aromatic ring is 1. The van der Waals surface area contributed by atoms with Crippen LogP contribution in [0.3, 0.4) is 0 Å². The van der Waals surface area contributed by atoms with Crippen LogP contribution >= 0.6 is 0 Å². The van der Waals surface area contributed by atoms with Crippen LogP contribution in [0.5, 0.6) is 5.75 Å². The second-order valence-corrected chi connectivity index (χ2v) is 2.26. The maximum Gasteiger partial charge on any atom is 0.171 e. The molecule has 1 aromatic carbocycles. The van der Waals surface area contributed by atoms with Crippen molar-refractivity contribution in [3.05, 3.63) is 23.8 Å². The minimum absolute atomic E-state index is 0.549. The summed E-state index contributed by atoms with van der Waals surface area (Å²) in [5.41, 5.74) is 4.22.